The summed E-state index contributed by atoms with van der Waals surface area (Å²) in [5.74, 6) is 0. The summed E-state index contributed by atoms with van der Waals surface area (Å²) in [4.78, 5) is 0. The molecule has 9 aromatic rings. The molecular formula is C58H50. The molecule has 2 aliphatic carbocycles. The number of hydrogen-bond acceptors (Lipinski definition) is 0. The highest BCUT2D eigenvalue weighted by Gasteiger charge is 2.37. The molecule has 0 heteroatoms. The lowest BCUT2D eigenvalue weighted by Gasteiger charge is -2.24. The van der Waals surface area contributed by atoms with Crippen LogP contribution in [0.4, 0.5) is 0 Å². The standard InChI is InChI=1S/C58H50/c1-33-26-35(14-20-42(33)49-27-34(2)43-21-18-39-28-41(56(3,4)5)29-40-19-25-48(49)55(43)54(39)40)36-15-23-46-47-24-17-38(32-53(47)58(8,9)52(46)30-36)37-16-22-45-44-12-10-11-13-50(44)57(6,7)51(45)31-37/h10-32H,1-9H3. The third-order valence-electron chi connectivity index (χ3n) is 14.2. The summed E-state index contributed by atoms with van der Waals surface area (Å²) in [6.07, 6.45) is 0. The topological polar surface area (TPSA) is 0 Å². The Hall–Kier alpha value is -5.98. The van der Waals surface area contributed by atoms with E-state index in [1.165, 1.54) is 127 Å². The van der Waals surface area contributed by atoms with Crippen molar-refractivity contribution in [3.8, 4) is 55.6 Å². The average Bonchev–Trinajstić information content (AvgIpc) is 3.58. The molecule has 0 heterocycles. The number of benzene rings is 9. The molecule has 0 bridgehead atoms. The Labute approximate surface area is 343 Å². The molecule has 0 spiro atoms. The van der Waals surface area contributed by atoms with Crippen molar-refractivity contribution in [3.63, 3.8) is 0 Å². The van der Waals surface area contributed by atoms with Crippen LogP contribution in [0.1, 0.15) is 87.4 Å². The van der Waals surface area contributed by atoms with Crippen LogP contribution >= 0.6 is 0 Å². The summed E-state index contributed by atoms with van der Waals surface area (Å²) >= 11 is 0. The Balaban J connectivity index is 0.950. The lowest BCUT2D eigenvalue weighted by atomic mass is 9.80. The van der Waals surface area contributed by atoms with Crippen LogP contribution in [0.15, 0.2) is 140 Å². The molecule has 0 aromatic heterocycles. The van der Waals surface area contributed by atoms with Gasteiger partial charge in [-0.25, -0.2) is 0 Å². The van der Waals surface area contributed by atoms with Crippen molar-refractivity contribution in [3.05, 3.63) is 178 Å². The van der Waals surface area contributed by atoms with Gasteiger partial charge in [-0.1, -0.05) is 170 Å². The van der Waals surface area contributed by atoms with Gasteiger partial charge in [0.2, 0.25) is 0 Å². The van der Waals surface area contributed by atoms with E-state index in [0.717, 1.165) is 0 Å². The number of rotatable bonds is 3. The van der Waals surface area contributed by atoms with E-state index >= 15 is 0 Å². The van der Waals surface area contributed by atoms with E-state index in [9.17, 15) is 0 Å². The molecule has 0 saturated heterocycles. The molecular weight excluding hydrogens is 697 g/mol. The molecule has 0 unspecified atom stereocenters. The van der Waals surface area contributed by atoms with Gasteiger partial charge in [0.15, 0.2) is 0 Å². The summed E-state index contributed by atoms with van der Waals surface area (Å²) in [6.45, 7) is 21.0. The number of aryl methyl sites for hydroxylation is 2. The van der Waals surface area contributed by atoms with E-state index in [2.05, 4.69) is 202 Å². The summed E-state index contributed by atoms with van der Waals surface area (Å²) < 4.78 is 0. The highest BCUT2D eigenvalue weighted by atomic mass is 14.4. The molecule has 9 aromatic carbocycles. The first-order chi connectivity index (χ1) is 27.7. The molecule has 0 radical (unpaired) electrons. The summed E-state index contributed by atoms with van der Waals surface area (Å²) in [5, 5.41) is 8.14. The lowest BCUT2D eigenvalue weighted by Crippen LogP contribution is -2.15. The fourth-order valence-electron chi connectivity index (χ4n) is 10.9. The molecule has 0 N–H and O–H groups in total. The molecule has 0 aliphatic heterocycles. The predicted octanol–water partition coefficient (Wildman–Crippen LogP) is 16.1. The van der Waals surface area contributed by atoms with Crippen LogP contribution < -0.4 is 0 Å². The second-order valence-corrected chi connectivity index (χ2v) is 19.5. The molecule has 11 rings (SSSR count). The average molecular weight is 747 g/mol. The Bertz CT molecular complexity index is 3190. The largest absolute Gasteiger partial charge is 0.0619 e. The van der Waals surface area contributed by atoms with Crippen molar-refractivity contribution in [2.45, 2.75) is 78.6 Å². The first-order valence-electron chi connectivity index (χ1n) is 21.1. The maximum absolute atomic E-state index is 2.47. The van der Waals surface area contributed by atoms with Gasteiger partial charge in [-0.15, -0.1) is 0 Å². The van der Waals surface area contributed by atoms with Gasteiger partial charge >= 0.3 is 0 Å². The van der Waals surface area contributed by atoms with Gasteiger partial charge in [-0.05, 0) is 164 Å². The highest BCUT2D eigenvalue weighted by Crippen LogP contribution is 2.53. The zero-order chi connectivity index (χ0) is 40.0. The summed E-state index contributed by atoms with van der Waals surface area (Å²) in [5.41, 5.74) is 22.8. The Morgan fingerprint density at radius 2 is 0.828 bits per heavy atom. The molecule has 282 valence electrons. The smallest absolute Gasteiger partial charge is 0.0159 e. The van der Waals surface area contributed by atoms with Gasteiger partial charge < -0.3 is 0 Å². The van der Waals surface area contributed by atoms with Crippen molar-refractivity contribution in [1.29, 1.82) is 0 Å². The van der Waals surface area contributed by atoms with Gasteiger partial charge in [-0.3, -0.25) is 0 Å². The van der Waals surface area contributed by atoms with Crippen LogP contribution in [0.25, 0.3) is 88.0 Å². The fourth-order valence-corrected chi connectivity index (χ4v) is 10.9. The van der Waals surface area contributed by atoms with Crippen LogP contribution in [0.2, 0.25) is 0 Å². The molecule has 0 nitrogen and oxygen atoms in total. The highest BCUT2D eigenvalue weighted by molar-refractivity contribution is 6.26. The van der Waals surface area contributed by atoms with Crippen LogP contribution in [0.3, 0.4) is 0 Å². The second kappa shape index (κ2) is 11.8. The Morgan fingerprint density at radius 1 is 0.362 bits per heavy atom. The number of fused-ring (bicyclic) bond motifs is 6. The Morgan fingerprint density at radius 3 is 1.36 bits per heavy atom. The SMILES string of the molecule is Cc1cc(-c2ccc3c(c2)C(C)(C)c2cc(-c4ccc5c(c4)C(C)(C)c4ccccc4-5)ccc2-3)ccc1-c1cc(C)c2ccc3cc(C(C)(C)C)cc4ccc1c2c34. The predicted molar refractivity (Wildman–Crippen MR) is 250 cm³/mol. The van der Waals surface area contributed by atoms with Crippen LogP contribution in [-0.4, -0.2) is 0 Å². The molecule has 0 saturated carbocycles. The Kier molecular flexibility index (Phi) is 7.16. The molecule has 58 heavy (non-hydrogen) atoms. The van der Waals surface area contributed by atoms with Crippen molar-refractivity contribution in [1.82, 2.24) is 0 Å². The minimum Gasteiger partial charge on any atom is -0.0619 e. The van der Waals surface area contributed by atoms with Crippen molar-refractivity contribution in [2.75, 3.05) is 0 Å². The van der Waals surface area contributed by atoms with Gasteiger partial charge in [-0.2, -0.15) is 0 Å². The summed E-state index contributed by atoms with van der Waals surface area (Å²) in [6, 6.07) is 54.1. The van der Waals surface area contributed by atoms with Gasteiger partial charge in [0, 0.05) is 10.8 Å². The quantitative estimate of drug-likeness (QED) is 0.158. The van der Waals surface area contributed by atoms with Gasteiger partial charge in [0.25, 0.3) is 0 Å². The zero-order valence-electron chi connectivity index (χ0n) is 35.3. The molecule has 2 aliphatic rings. The minimum absolute atomic E-state index is 0.0151. The maximum atomic E-state index is 2.47. The van der Waals surface area contributed by atoms with E-state index in [0.29, 0.717) is 0 Å². The summed E-state index contributed by atoms with van der Waals surface area (Å²) in [7, 11) is 0. The maximum Gasteiger partial charge on any atom is 0.0159 e. The van der Waals surface area contributed by atoms with Crippen molar-refractivity contribution >= 4 is 32.3 Å². The van der Waals surface area contributed by atoms with Gasteiger partial charge in [0.05, 0.1) is 0 Å². The normalized spacial score (nSPS) is 14.9. The molecule has 0 amide bonds. The molecule has 0 atom stereocenters. The third kappa shape index (κ3) is 4.88. The first-order valence-corrected chi connectivity index (χ1v) is 21.1. The van der Waals surface area contributed by atoms with E-state index in [1.54, 1.807) is 0 Å². The first kappa shape index (κ1) is 35.2. The van der Waals surface area contributed by atoms with Crippen LogP contribution in [0, 0.1) is 13.8 Å². The van der Waals surface area contributed by atoms with E-state index < -0.39 is 0 Å². The van der Waals surface area contributed by atoms with E-state index in [4.69, 9.17) is 0 Å². The van der Waals surface area contributed by atoms with Crippen LogP contribution in [0.5, 0.6) is 0 Å². The monoisotopic (exact) mass is 746 g/mol. The van der Waals surface area contributed by atoms with E-state index in [-0.39, 0.29) is 16.2 Å². The van der Waals surface area contributed by atoms with Crippen LogP contribution in [-0.2, 0) is 16.2 Å². The van der Waals surface area contributed by atoms with Crippen molar-refractivity contribution < 1.29 is 0 Å². The minimum atomic E-state index is -0.120. The zero-order valence-corrected chi connectivity index (χ0v) is 35.3. The van der Waals surface area contributed by atoms with Gasteiger partial charge in [0.1, 0.15) is 0 Å². The lowest BCUT2D eigenvalue weighted by molar-refractivity contribution is 0.591. The molecule has 0 fully saturated rings. The number of hydrogen-bond donors (Lipinski definition) is 0. The van der Waals surface area contributed by atoms with Crippen molar-refractivity contribution in [2.24, 2.45) is 0 Å². The second-order valence-electron chi connectivity index (χ2n) is 19.5. The van der Waals surface area contributed by atoms with E-state index in [1.807, 2.05) is 0 Å². The fraction of sp³-hybridized carbons (Fsp3) is 0.207. The third-order valence-corrected chi connectivity index (χ3v) is 14.2.